The molecule has 3 nitrogen and oxygen atoms in total. The predicted octanol–water partition coefficient (Wildman–Crippen LogP) is 13.9. The summed E-state index contributed by atoms with van der Waals surface area (Å²) in [5.41, 5.74) is 14.7. The van der Waals surface area contributed by atoms with Gasteiger partial charge in [-0.1, -0.05) is 170 Å². The van der Waals surface area contributed by atoms with Crippen LogP contribution in [0, 0.1) is 0 Å². The first-order chi connectivity index (χ1) is 28.2. The van der Waals surface area contributed by atoms with Crippen LogP contribution in [0.4, 0.5) is 0 Å². The topological polar surface area (TPSA) is 38.7 Å². The fourth-order valence-corrected chi connectivity index (χ4v) is 9.71. The average Bonchev–Trinajstić information content (AvgIpc) is 3.68. The average molecular weight is 746 g/mol. The number of rotatable bonds is 6. The number of thiophene rings is 1. The van der Waals surface area contributed by atoms with Gasteiger partial charge in [0.2, 0.25) is 0 Å². The van der Waals surface area contributed by atoms with Gasteiger partial charge in [-0.25, -0.2) is 15.0 Å². The molecule has 268 valence electrons. The zero-order valence-corrected chi connectivity index (χ0v) is 31.8. The molecule has 1 unspecified atom stereocenters. The highest BCUT2D eigenvalue weighted by atomic mass is 32.1. The fourth-order valence-electron chi connectivity index (χ4n) is 8.49. The maximum absolute atomic E-state index is 5.02. The summed E-state index contributed by atoms with van der Waals surface area (Å²) >= 11 is 1.85. The summed E-state index contributed by atoms with van der Waals surface area (Å²) in [6, 6.07) is 69.6. The number of fused-ring (bicyclic) bond motifs is 6. The molecular formula is C53H35N3S. The van der Waals surface area contributed by atoms with E-state index in [1.54, 1.807) is 0 Å². The third kappa shape index (κ3) is 6.03. The van der Waals surface area contributed by atoms with E-state index in [1.165, 1.54) is 70.2 Å². The minimum atomic E-state index is 0.285. The van der Waals surface area contributed by atoms with Crippen molar-refractivity contribution in [3.63, 3.8) is 0 Å². The van der Waals surface area contributed by atoms with Crippen LogP contribution >= 0.6 is 11.3 Å². The lowest BCUT2D eigenvalue weighted by Gasteiger charge is -2.29. The molecule has 57 heavy (non-hydrogen) atoms. The summed E-state index contributed by atoms with van der Waals surface area (Å²) in [5.74, 6) is 2.28. The molecule has 11 rings (SSSR count). The van der Waals surface area contributed by atoms with Gasteiger partial charge in [0.15, 0.2) is 17.5 Å². The second-order valence-corrected chi connectivity index (χ2v) is 15.8. The molecule has 0 saturated carbocycles. The van der Waals surface area contributed by atoms with Crippen molar-refractivity contribution in [2.24, 2.45) is 0 Å². The van der Waals surface area contributed by atoms with Crippen molar-refractivity contribution in [3.05, 3.63) is 211 Å². The van der Waals surface area contributed by atoms with Crippen LogP contribution < -0.4 is 0 Å². The molecule has 0 radical (unpaired) electrons. The van der Waals surface area contributed by atoms with Crippen molar-refractivity contribution in [1.29, 1.82) is 0 Å². The second kappa shape index (κ2) is 13.9. The van der Waals surface area contributed by atoms with Crippen LogP contribution in [-0.4, -0.2) is 15.0 Å². The lowest BCUT2D eigenvalue weighted by Crippen LogP contribution is -2.12. The summed E-state index contributed by atoms with van der Waals surface area (Å²) < 4.78 is 2.52. The molecule has 2 aromatic heterocycles. The van der Waals surface area contributed by atoms with Gasteiger partial charge in [-0.05, 0) is 80.8 Å². The van der Waals surface area contributed by atoms with Gasteiger partial charge in [0.1, 0.15) is 0 Å². The van der Waals surface area contributed by atoms with Gasteiger partial charge in [-0.3, -0.25) is 0 Å². The van der Waals surface area contributed by atoms with Crippen LogP contribution in [-0.2, 0) is 6.42 Å². The summed E-state index contributed by atoms with van der Waals surface area (Å²) in [6.45, 7) is 0. The van der Waals surface area contributed by atoms with Gasteiger partial charge >= 0.3 is 0 Å². The number of nitrogens with zero attached hydrogens (tertiary/aromatic N) is 3. The highest BCUT2D eigenvalue weighted by Crippen LogP contribution is 2.47. The summed E-state index contributed by atoms with van der Waals surface area (Å²) in [6.07, 6.45) is 0.988. The van der Waals surface area contributed by atoms with Crippen molar-refractivity contribution in [1.82, 2.24) is 15.0 Å². The van der Waals surface area contributed by atoms with Crippen molar-refractivity contribution in [2.45, 2.75) is 12.3 Å². The molecule has 4 heteroatoms. The van der Waals surface area contributed by atoms with Crippen LogP contribution in [0.2, 0.25) is 0 Å². The number of benzene rings is 8. The SMILES string of the molecule is c1ccc(-c2ccc(C3Cc4ccccc4-c4cc(-c5cccc6c5sc5ccc(-c7nc(-c8ccccc8)nc(-c8ccccc8)n7)cc56)ccc43)cc2)cc1. The normalized spacial score (nSPS) is 13.4. The molecule has 8 aromatic carbocycles. The Kier molecular flexibility index (Phi) is 8.15. The zero-order valence-electron chi connectivity index (χ0n) is 31.0. The maximum atomic E-state index is 5.02. The van der Waals surface area contributed by atoms with Gasteiger partial charge in [0.05, 0.1) is 0 Å². The highest BCUT2D eigenvalue weighted by molar-refractivity contribution is 7.26. The van der Waals surface area contributed by atoms with Gasteiger partial charge < -0.3 is 0 Å². The third-order valence-corrected chi connectivity index (χ3v) is 12.6. The standard InChI is InChI=1S/C53H35N3S/c1-4-13-34(14-5-1)35-23-25-36(26-24-35)46-31-39-19-10-11-20-42(39)47-32-40(27-29-44(46)47)43-21-12-22-45-48-33-41(28-30-49(48)57-50(43)45)53-55-51(37-15-6-2-7-16-37)54-52(56-53)38-17-8-3-9-18-38/h1-30,32-33,46H,31H2. The van der Waals surface area contributed by atoms with E-state index < -0.39 is 0 Å². The molecule has 0 N–H and O–H groups in total. The number of aromatic nitrogens is 3. The predicted molar refractivity (Wildman–Crippen MR) is 237 cm³/mol. The van der Waals surface area contributed by atoms with Crippen molar-refractivity contribution >= 4 is 31.5 Å². The summed E-state index contributed by atoms with van der Waals surface area (Å²) in [5, 5.41) is 2.45. The molecule has 0 aliphatic heterocycles. The van der Waals surface area contributed by atoms with Crippen LogP contribution in [0.1, 0.15) is 22.6 Å². The molecule has 0 spiro atoms. The van der Waals surface area contributed by atoms with Crippen LogP contribution in [0.5, 0.6) is 0 Å². The Labute approximate surface area is 335 Å². The highest BCUT2D eigenvalue weighted by Gasteiger charge is 2.27. The summed E-state index contributed by atoms with van der Waals surface area (Å²) in [7, 11) is 0. The first kappa shape index (κ1) is 33.3. The molecule has 1 aliphatic rings. The van der Waals surface area contributed by atoms with Crippen molar-refractivity contribution < 1.29 is 0 Å². The Hall–Kier alpha value is -7.01. The Morgan fingerprint density at radius 3 is 1.65 bits per heavy atom. The van der Waals surface area contributed by atoms with E-state index in [-0.39, 0.29) is 5.92 Å². The van der Waals surface area contributed by atoms with Gasteiger partial charge in [-0.15, -0.1) is 11.3 Å². The molecule has 1 aliphatic carbocycles. The lowest BCUT2D eigenvalue weighted by molar-refractivity contribution is 0.794. The molecule has 10 aromatic rings. The maximum Gasteiger partial charge on any atom is 0.164 e. The second-order valence-electron chi connectivity index (χ2n) is 14.7. The quantitative estimate of drug-likeness (QED) is 0.170. The molecule has 0 bridgehead atoms. The Morgan fingerprint density at radius 2 is 0.947 bits per heavy atom. The number of hydrogen-bond donors (Lipinski definition) is 0. The molecule has 0 fully saturated rings. The monoisotopic (exact) mass is 745 g/mol. The van der Waals surface area contributed by atoms with Crippen LogP contribution in [0.15, 0.2) is 194 Å². The lowest BCUT2D eigenvalue weighted by atomic mass is 9.75. The fraction of sp³-hybridized carbons (Fsp3) is 0.0377. The van der Waals surface area contributed by atoms with E-state index in [0.29, 0.717) is 17.5 Å². The smallest absolute Gasteiger partial charge is 0.164 e. The van der Waals surface area contributed by atoms with Crippen molar-refractivity contribution in [3.8, 4) is 67.5 Å². The third-order valence-electron chi connectivity index (χ3n) is 11.3. The van der Waals surface area contributed by atoms with Gasteiger partial charge in [-0.2, -0.15) is 0 Å². The molecule has 1 atom stereocenters. The Morgan fingerprint density at radius 1 is 0.386 bits per heavy atom. The molecular weight excluding hydrogens is 711 g/mol. The first-order valence-corrected chi connectivity index (χ1v) is 20.3. The zero-order chi connectivity index (χ0) is 37.7. The van der Waals surface area contributed by atoms with E-state index in [1.807, 2.05) is 72.0 Å². The molecule has 0 amide bonds. The van der Waals surface area contributed by atoms with Crippen LogP contribution in [0.3, 0.4) is 0 Å². The van der Waals surface area contributed by atoms with Gasteiger partial charge in [0.25, 0.3) is 0 Å². The Balaban J connectivity index is 1.00. The minimum absolute atomic E-state index is 0.285. The van der Waals surface area contributed by atoms with E-state index in [9.17, 15) is 0 Å². The van der Waals surface area contributed by atoms with E-state index in [4.69, 9.17) is 15.0 Å². The largest absolute Gasteiger partial charge is 0.208 e. The Bertz CT molecular complexity index is 3020. The van der Waals surface area contributed by atoms with Crippen LogP contribution in [0.25, 0.3) is 87.7 Å². The van der Waals surface area contributed by atoms with Gasteiger partial charge in [0, 0.05) is 42.8 Å². The van der Waals surface area contributed by atoms with E-state index in [2.05, 4.69) is 133 Å². The number of hydrogen-bond acceptors (Lipinski definition) is 4. The van der Waals surface area contributed by atoms with E-state index >= 15 is 0 Å². The minimum Gasteiger partial charge on any atom is -0.208 e. The van der Waals surface area contributed by atoms with E-state index in [0.717, 1.165) is 23.1 Å². The molecule has 0 saturated heterocycles. The first-order valence-electron chi connectivity index (χ1n) is 19.4. The summed E-state index contributed by atoms with van der Waals surface area (Å²) in [4.78, 5) is 15.0. The molecule has 2 heterocycles. The van der Waals surface area contributed by atoms with Crippen molar-refractivity contribution in [2.75, 3.05) is 0 Å².